The van der Waals surface area contributed by atoms with Crippen LogP contribution >= 0.6 is 0 Å². The lowest BCUT2D eigenvalue weighted by Crippen LogP contribution is -2.34. The van der Waals surface area contributed by atoms with Gasteiger partial charge in [0.2, 0.25) is 0 Å². The number of hydrogen-bond donors (Lipinski definition) is 0. The molecule has 1 amide bonds. The SMILES string of the molecule is O=C1OC2C3c4ccccc4OC3CC2N1c1ccccc1. The van der Waals surface area contributed by atoms with Gasteiger partial charge in [-0.15, -0.1) is 0 Å². The van der Waals surface area contributed by atoms with E-state index in [1.54, 1.807) is 4.90 Å². The summed E-state index contributed by atoms with van der Waals surface area (Å²) in [6.45, 7) is 0. The van der Waals surface area contributed by atoms with Gasteiger partial charge in [0, 0.05) is 17.7 Å². The van der Waals surface area contributed by atoms with Gasteiger partial charge >= 0.3 is 6.09 Å². The van der Waals surface area contributed by atoms with E-state index < -0.39 is 0 Å². The van der Waals surface area contributed by atoms with Gasteiger partial charge in [0.15, 0.2) is 0 Å². The lowest BCUT2D eigenvalue weighted by atomic mass is 9.95. The average molecular weight is 293 g/mol. The van der Waals surface area contributed by atoms with Crippen molar-refractivity contribution in [3.63, 3.8) is 0 Å². The van der Waals surface area contributed by atoms with Gasteiger partial charge in [-0.1, -0.05) is 36.4 Å². The van der Waals surface area contributed by atoms with E-state index >= 15 is 0 Å². The molecule has 2 heterocycles. The van der Waals surface area contributed by atoms with E-state index in [0.717, 1.165) is 17.9 Å². The van der Waals surface area contributed by atoms with Crippen LogP contribution in [0.2, 0.25) is 0 Å². The normalized spacial score (nSPS) is 31.3. The number of rotatable bonds is 1. The second-order valence-corrected chi connectivity index (χ2v) is 6.08. The van der Waals surface area contributed by atoms with Crippen LogP contribution in [0.3, 0.4) is 0 Å². The third kappa shape index (κ3) is 1.49. The molecule has 0 spiro atoms. The van der Waals surface area contributed by atoms with E-state index in [2.05, 4.69) is 6.07 Å². The zero-order chi connectivity index (χ0) is 14.7. The molecule has 22 heavy (non-hydrogen) atoms. The Kier molecular flexibility index (Phi) is 2.34. The first kappa shape index (κ1) is 12.1. The fraction of sp³-hybridized carbons (Fsp3) is 0.278. The van der Waals surface area contributed by atoms with E-state index in [-0.39, 0.29) is 30.3 Å². The van der Waals surface area contributed by atoms with Crippen molar-refractivity contribution in [1.82, 2.24) is 0 Å². The third-order valence-corrected chi connectivity index (χ3v) is 4.96. The summed E-state index contributed by atoms with van der Waals surface area (Å²) in [7, 11) is 0. The molecule has 5 rings (SSSR count). The Balaban J connectivity index is 1.54. The van der Waals surface area contributed by atoms with Crippen LogP contribution in [0, 0.1) is 0 Å². The van der Waals surface area contributed by atoms with E-state index in [4.69, 9.17) is 9.47 Å². The standard InChI is InChI=1S/C18H15NO3/c20-18-19(11-6-2-1-3-7-11)13-10-15-16(17(13)22-18)12-8-4-5-9-14(12)21-15/h1-9,13,15-17H,10H2. The molecular weight excluding hydrogens is 278 g/mol. The van der Waals surface area contributed by atoms with Gasteiger partial charge in [-0.05, 0) is 18.2 Å². The fourth-order valence-electron chi connectivity index (χ4n) is 4.09. The molecule has 1 aliphatic carbocycles. The van der Waals surface area contributed by atoms with Crippen molar-refractivity contribution in [1.29, 1.82) is 0 Å². The highest BCUT2D eigenvalue weighted by atomic mass is 16.6. The molecule has 4 unspecified atom stereocenters. The van der Waals surface area contributed by atoms with Gasteiger partial charge in [-0.25, -0.2) is 4.79 Å². The Morgan fingerprint density at radius 3 is 2.59 bits per heavy atom. The van der Waals surface area contributed by atoms with Crippen LogP contribution in [0.25, 0.3) is 0 Å². The van der Waals surface area contributed by atoms with Crippen LogP contribution in [-0.4, -0.2) is 24.3 Å². The molecule has 2 fully saturated rings. The number of nitrogens with zero attached hydrogens (tertiary/aromatic N) is 1. The Morgan fingerprint density at radius 1 is 0.955 bits per heavy atom. The van der Waals surface area contributed by atoms with Gasteiger partial charge in [0.25, 0.3) is 0 Å². The highest BCUT2D eigenvalue weighted by molar-refractivity contribution is 5.91. The predicted molar refractivity (Wildman–Crippen MR) is 81.2 cm³/mol. The summed E-state index contributed by atoms with van der Waals surface area (Å²) in [6, 6.07) is 17.9. The fourth-order valence-corrected chi connectivity index (χ4v) is 4.09. The van der Waals surface area contributed by atoms with Gasteiger partial charge in [0.1, 0.15) is 18.0 Å². The molecule has 0 aromatic heterocycles. The van der Waals surface area contributed by atoms with Gasteiger partial charge in [-0.3, -0.25) is 4.90 Å². The zero-order valence-electron chi connectivity index (χ0n) is 11.9. The van der Waals surface area contributed by atoms with Crippen molar-refractivity contribution in [2.75, 3.05) is 4.90 Å². The first-order chi connectivity index (χ1) is 10.8. The number of anilines is 1. The summed E-state index contributed by atoms with van der Waals surface area (Å²) in [6.07, 6.45) is 0.544. The number of carbonyl (C=O) groups is 1. The summed E-state index contributed by atoms with van der Waals surface area (Å²) < 4.78 is 11.8. The Labute approximate surface area is 128 Å². The molecule has 4 nitrogen and oxygen atoms in total. The van der Waals surface area contributed by atoms with E-state index in [1.807, 2.05) is 48.5 Å². The molecule has 2 aromatic carbocycles. The second kappa shape index (κ2) is 4.26. The minimum atomic E-state index is -0.246. The topological polar surface area (TPSA) is 38.8 Å². The van der Waals surface area contributed by atoms with Crippen molar-refractivity contribution >= 4 is 11.8 Å². The molecule has 0 radical (unpaired) electrons. The summed E-state index contributed by atoms with van der Waals surface area (Å²) >= 11 is 0. The molecule has 4 atom stereocenters. The van der Waals surface area contributed by atoms with Crippen molar-refractivity contribution in [3.8, 4) is 5.75 Å². The van der Waals surface area contributed by atoms with Crippen LogP contribution in [-0.2, 0) is 4.74 Å². The maximum Gasteiger partial charge on any atom is 0.415 e. The lowest BCUT2D eigenvalue weighted by Gasteiger charge is -2.21. The smallest absolute Gasteiger partial charge is 0.415 e. The zero-order valence-corrected chi connectivity index (χ0v) is 11.9. The number of amides is 1. The largest absolute Gasteiger partial charge is 0.489 e. The number of para-hydroxylation sites is 2. The monoisotopic (exact) mass is 293 g/mol. The summed E-state index contributed by atoms with van der Waals surface area (Å²) in [5, 5.41) is 0. The molecule has 2 aromatic rings. The Bertz CT molecular complexity index is 745. The maximum atomic E-state index is 12.4. The van der Waals surface area contributed by atoms with Crippen LogP contribution in [0.5, 0.6) is 5.75 Å². The summed E-state index contributed by atoms with van der Waals surface area (Å²) in [4.78, 5) is 14.1. The molecular formula is C18H15NO3. The van der Waals surface area contributed by atoms with Gasteiger partial charge < -0.3 is 9.47 Å². The number of benzene rings is 2. The van der Waals surface area contributed by atoms with Crippen molar-refractivity contribution < 1.29 is 14.3 Å². The maximum absolute atomic E-state index is 12.4. The van der Waals surface area contributed by atoms with Crippen molar-refractivity contribution in [2.45, 2.75) is 30.6 Å². The van der Waals surface area contributed by atoms with E-state index in [9.17, 15) is 4.79 Å². The van der Waals surface area contributed by atoms with E-state index in [0.29, 0.717) is 0 Å². The number of ether oxygens (including phenoxy) is 2. The molecule has 3 aliphatic rings. The lowest BCUT2D eigenvalue weighted by molar-refractivity contribution is 0.116. The molecule has 1 saturated carbocycles. The minimum Gasteiger partial charge on any atom is -0.489 e. The molecule has 110 valence electrons. The van der Waals surface area contributed by atoms with Crippen LogP contribution in [0.4, 0.5) is 10.5 Å². The predicted octanol–water partition coefficient (Wildman–Crippen LogP) is 3.33. The Hall–Kier alpha value is -2.49. The first-order valence-corrected chi connectivity index (χ1v) is 7.63. The summed E-state index contributed by atoms with van der Waals surface area (Å²) in [5.74, 6) is 1.09. The first-order valence-electron chi connectivity index (χ1n) is 7.63. The molecule has 0 N–H and O–H groups in total. The highest BCUT2D eigenvalue weighted by Gasteiger charge is 2.58. The Morgan fingerprint density at radius 2 is 1.73 bits per heavy atom. The number of carbonyl (C=O) groups excluding carboxylic acids is 1. The molecule has 0 bridgehead atoms. The van der Waals surface area contributed by atoms with Crippen molar-refractivity contribution in [2.24, 2.45) is 0 Å². The minimum absolute atomic E-state index is 0.0539. The molecule has 2 aliphatic heterocycles. The quantitative estimate of drug-likeness (QED) is 0.809. The molecule has 4 heteroatoms. The second-order valence-electron chi connectivity index (χ2n) is 6.08. The van der Waals surface area contributed by atoms with E-state index in [1.165, 1.54) is 5.56 Å². The van der Waals surface area contributed by atoms with Crippen LogP contribution in [0.15, 0.2) is 54.6 Å². The molecule has 1 saturated heterocycles. The number of hydrogen-bond acceptors (Lipinski definition) is 3. The average Bonchev–Trinajstić information content (AvgIpc) is 3.15. The van der Waals surface area contributed by atoms with Crippen LogP contribution in [0.1, 0.15) is 17.9 Å². The van der Waals surface area contributed by atoms with Gasteiger partial charge in [0.05, 0.1) is 12.0 Å². The highest BCUT2D eigenvalue weighted by Crippen LogP contribution is 2.52. The van der Waals surface area contributed by atoms with Crippen molar-refractivity contribution in [3.05, 3.63) is 60.2 Å². The van der Waals surface area contributed by atoms with Gasteiger partial charge in [-0.2, -0.15) is 0 Å². The third-order valence-electron chi connectivity index (χ3n) is 4.96. The van der Waals surface area contributed by atoms with Crippen LogP contribution < -0.4 is 9.64 Å². The number of fused-ring (bicyclic) bond motifs is 5. The summed E-state index contributed by atoms with van der Waals surface area (Å²) in [5.41, 5.74) is 2.07.